The van der Waals surface area contributed by atoms with Crippen LogP contribution in [0, 0.1) is 23.3 Å². The lowest BCUT2D eigenvalue weighted by Crippen LogP contribution is -2.11. The second kappa shape index (κ2) is 15.2. The summed E-state index contributed by atoms with van der Waals surface area (Å²) in [4.78, 5) is 4.29. The average Bonchev–Trinajstić information content (AvgIpc) is 3.27. The third-order valence-electron chi connectivity index (χ3n) is 10.5. The van der Waals surface area contributed by atoms with E-state index in [9.17, 15) is 17.6 Å². The largest absolute Gasteiger partial charge is 0.454 e. The minimum absolute atomic E-state index is 0.0797. The summed E-state index contributed by atoms with van der Waals surface area (Å²) in [7, 11) is 0. The van der Waals surface area contributed by atoms with Crippen molar-refractivity contribution in [3.63, 3.8) is 0 Å². The van der Waals surface area contributed by atoms with Gasteiger partial charge in [-0.15, -0.1) is 0 Å². The molecule has 0 aliphatic carbocycles. The van der Waals surface area contributed by atoms with Crippen molar-refractivity contribution in [1.82, 2.24) is 0 Å². The molecule has 0 saturated carbocycles. The standard InChI is InChI=1S/C52H32F4N2O2/c53-35-21-27-49(45(55)29-35)59-41-15-7-13-39(31-41)57(37-9-3-1-4-10-37)47-25-19-33-18-24-44-48(26-20-34-17-23-43(47)51(33)52(34)44)58(38-11-5-2-6-12-38)40-14-8-16-42(32-40)60-50-28-22-36(54)30-46(50)56/h1-32H. The zero-order chi connectivity index (χ0) is 40.7. The first-order valence-electron chi connectivity index (χ1n) is 19.2. The number of benzene rings is 10. The Morgan fingerprint density at radius 3 is 1.15 bits per heavy atom. The summed E-state index contributed by atoms with van der Waals surface area (Å²) in [5, 5.41) is 6.27. The molecular weight excluding hydrogens is 761 g/mol. The molecule has 290 valence electrons. The van der Waals surface area contributed by atoms with Gasteiger partial charge < -0.3 is 19.3 Å². The van der Waals surface area contributed by atoms with Gasteiger partial charge in [-0.25, -0.2) is 17.6 Å². The van der Waals surface area contributed by atoms with Crippen LogP contribution in [0.2, 0.25) is 0 Å². The lowest BCUT2D eigenvalue weighted by molar-refractivity contribution is 0.438. The van der Waals surface area contributed by atoms with E-state index in [2.05, 4.69) is 58.3 Å². The first-order valence-corrected chi connectivity index (χ1v) is 19.2. The molecule has 0 unspecified atom stereocenters. The van der Waals surface area contributed by atoms with Gasteiger partial charge in [0.1, 0.15) is 23.1 Å². The fourth-order valence-electron chi connectivity index (χ4n) is 7.91. The smallest absolute Gasteiger partial charge is 0.168 e. The summed E-state index contributed by atoms with van der Waals surface area (Å²) in [5.74, 6) is -2.33. The van der Waals surface area contributed by atoms with Gasteiger partial charge in [0.25, 0.3) is 0 Å². The van der Waals surface area contributed by atoms with Gasteiger partial charge in [0, 0.05) is 57.8 Å². The van der Waals surface area contributed by atoms with Crippen molar-refractivity contribution >= 4 is 66.4 Å². The van der Waals surface area contributed by atoms with Crippen molar-refractivity contribution in [2.24, 2.45) is 0 Å². The van der Waals surface area contributed by atoms with Crippen LogP contribution in [0.1, 0.15) is 0 Å². The maximum atomic E-state index is 14.7. The Hall–Kier alpha value is -7.84. The highest BCUT2D eigenvalue weighted by molar-refractivity contribution is 6.28. The number of anilines is 6. The second-order valence-corrected chi connectivity index (χ2v) is 14.3. The first-order chi connectivity index (χ1) is 29.4. The Bertz CT molecular complexity index is 2960. The molecule has 0 fully saturated rings. The Kier molecular flexibility index (Phi) is 9.22. The summed E-state index contributed by atoms with van der Waals surface area (Å²) < 4.78 is 68.7. The van der Waals surface area contributed by atoms with Gasteiger partial charge in [0.2, 0.25) is 0 Å². The van der Waals surface area contributed by atoms with Gasteiger partial charge >= 0.3 is 0 Å². The summed E-state index contributed by atoms with van der Waals surface area (Å²) >= 11 is 0. The topological polar surface area (TPSA) is 24.9 Å². The number of nitrogens with zero attached hydrogens (tertiary/aromatic N) is 2. The normalized spacial score (nSPS) is 11.3. The van der Waals surface area contributed by atoms with E-state index in [0.717, 1.165) is 90.7 Å². The molecule has 0 bridgehead atoms. The molecule has 60 heavy (non-hydrogen) atoms. The highest BCUT2D eigenvalue weighted by atomic mass is 19.1. The van der Waals surface area contributed by atoms with E-state index in [1.165, 1.54) is 12.1 Å². The Labute approximate surface area is 342 Å². The Morgan fingerprint density at radius 2 is 0.733 bits per heavy atom. The summed E-state index contributed by atoms with van der Waals surface area (Å²) in [5.41, 5.74) is 5.17. The fourth-order valence-corrected chi connectivity index (χ4v) is 7.91. The molecule has 10 aromatic carbocycles. The molecule has 0 spiro atoms. The molecule has 10 rings (SSSR count). The molecule has 10 aromatic rings. The van der Waals surface area contributed by atoms with E-state index >= 15 is 0 Å². The molecule has 0 atom stereocenters. The van der Waals surface area contributed by atoms with E-state index < -0.39 is 23.3 Å². The SMILES string of the molecule is Fc1ccc(Oc2cccc(N(c3ccccc3)c3ccc4ccc5c(N(c6ccccc6)c6cccc(Oc7ccc(F)cc7F)c6)ccc6ccc3c4c65)c2)c(F)c1. The highest BCUT2D eigenvalue weighted by Gasteiger charge is 2.22. The van der Waals surface area contributed by atoms with Crippen LogP contribution in [0.5, 0.6) is 23.0 Å². The lowest BCUT2D eigenvalue weighted by atomic mass is 9.91. The van der Waals surface area contributed by atoms with Gasteiger partial charge in [-0.1, -0.05) is 84.9 Å². The minimum Gasteiger partial charge on any atom is -0.454 e. The van der Waals surface area contributed by atoms with Gasteiger partial charge in [-0.3, -0.25) is 0 Å². The van der Waals surface area contributed by atoms with Gasteiger partial charge in [0.15, 0.2) is 23.1 Å². The number of para-hydroxylation sites is 2. The van der Waals surface area contributed by atoms with Crippen LogP contribution in [0.25, 0.3) is 32.3 Å². The van der Waals surface area contributed by atoms with Crippen LogP contribution in [-0.2, 0) is 0 Å². The van der Waals surface area contributed by atoms with Gasteiger partial charge in [-0.05, 0) is 106 Å². The van der Waals surface area contributed by atoms with E-state index in [4.69, 9.17) is 9.47 Å². The molecule has 0 N–H and O–H groups in total. The van der Waals surface area contributed by atoms with Crippen molar-refractivity contribution < 1.29 is 27.0 Å². The second-order valence-electron chi connectivity index (χ2n) is 14.3. The predicted molar refractivity (Wildman–Crippen MR) is 232 cm³/mol. The van der Waals surface area contributed by atoms with Crippen LogP contribution in [0.3, 0.4) is 0 Å². The van der Waals surface area contributed by atoms with Gasteiger partial charge in [0.05, 0.1) is 11.4 Å². The summed E-state index contributed by atoms with van der Waals surface area (Å²) in [6.45, 7) is 0. The maximum Gasteiger partial charge on any atom is 0.168 e. The van der Waals surface area contributed by atoms with Crippen LogP contribution >= 0.6 is 0 Å². The number of rotatable bonds is 10. The zero-order valence-electron chi connectivity index (χ0n) is 31.7. The average molecular weight is 793 g/mol. The number of ether oxygens (including phenoxy) is 2. The number of hydrogen-bond acceptors (Lipinski definition) is 4. The Balaban J connectivity index is 1.13. The third-order valence-corrected chi connectivity index (χ3v) is 10.5. The van der Waals surface area contributed by atoms with Crippen molar-refractivity contribution in [3.05, 3.63) is 217 Å². The minimum atomic E-state index is -0.793. The maximum absolute atomic E-state index is 14.7. The van der Waals surface area contributed by atoms with E-state index in [1.54, 1.807) is 12.1 Å². The Morgan fingerprint density at radius 1 is 0.333 bits per heavy atom. The monoisotopic (exact) mass is 792 g/mol. The molecular formula is C52H32F4N2O2. The van der Waals surface area contributed by atoms with Crippen LogP contribution in [0.15, 0.2) is 194 Å². The van der Waals surface area contributed by atoms with Crippen LogP contribution < -0.4 is 19.3 Å². The first kappa shape index (κ1) is 36.5. The van der Waals surface area contributed by atoms with Crippen molar-refractivity contribution in [1.29, 1.82) is 0 Å². The van der Waals surface area contributed by atoms with Crippen LogP contribution in [0.4, 0.5) is 51.7 Å². The quantitative estimate of drug-likeness (QED) is 0.102. The van der Waals surface area contributed by atoms with Crippen molar-refractivity contribution in [2.45, 2.75) is 0 Å². The number of halogens is 4. The van der Waals surface area contributed by atoms with Crippen molar-refractivity contribution in [3.8, 4) is 23.0 Å². The van der Waals surface area contributed by atoms with Crippen LogP contribution in [-0.4, -0.2) is 0 Å². The predicted octanol–water partition coefficient (Wildman–Crippen LogP) is 15.7. The molecule has 0 aliphatic rings. The van der Waals surface area contributed by atoms with E-state index in [1.807, 2.05) is 97.1 Å². The molecule has 0 amide bonds. The van der Waals surface area contributed by atoms with E-state index in [0.29, 0.717) is 11.5 Å². The molecule has 0 aliphatic heterocycles. The number of hydrogen-bond donors (Lipinski definition) is 0. The summed E-state index contributed by atoms with van der Waals surface area (Å²) in [6, 6.07) is 58.3. The molecule has 0 heterocycles. The molecule has 0 radical (unpaired) electrons. The summed E-state index contributed by atoms with van der Waals surface area (Å²) in [6.07, 6.45) is 0. The zero-order valence-corrected chi connectivity index (χ0v) is 31.7. The molecule has 0 aromatic heterocycles. The third kappa shape index (κ3) is 6.73. The highest BCUT2D eigenvalue weighted by Crippen LogP contribution is 2.48. The molecule has 4 nitrogen and oxygen atoms in total. The molecule has 8 heteroatoms. The van der Waals surface area contributed by atoms with Gasteiger partial charge in [-0.2, -0.15) is 0 Å². The van der Waals surface area contributed by atoms with Crippen molar-refractivity contribution in [2.75, 3.05) is 9.80 Å². The molecule has 0 saturated heterocycles. The van der Waals surface area contributed by atoms with E-state index in [-0.39, 0.29) is 11.5 Å². The fraction of sp³-hybridized carbons (Fsp3) is 0. The lowest BCUT2D eigenvalue weighted by Gasteiger charge is -2.29.